The minimum Gasteiger partial charge on any atom is -0.481 e. The van der Waals surface area contributed by atoms with Crippen molar-refractivity contribution in [2.24, 2.45) is 0 Å². The number of carboxylic acid groups (broad SMARTS) is 2. The molecule has 0 aliphatic rings. The molecule has 8 heteroatoms. The average Bonchev–Trinajstić information content (AvgIpc) is 2.47. The van der Waals surface area contributed by atoms with E-state index in [4.69, 9.17) is 19.7 Å². The molecule has 2 N–H and O–H groups in total. The smallest absolute Gasteiger partial charge is 0.306 e. The van der Waals surface area contributed by atoms with Crippen molar-refractivity contribution in [2.45, 2.75) is 70.8 Å². The quantitative estimate of drug-likeness (QED) is 0.362. The van der Waals surface area contributed by atoms with Crippen molar-refractivity contribution >= 4 is 23.9 Å². The first kappa shape index (κ1) is 21.9. The van der Waals surface area contributed by atoms with Gasteiger partial charge in [-0.15, -0.1) is 0 Å². The summed E-state index contributed by atoms with van der Waals surface area (Å²) < 4.78 is 10.1. The van der Waals surface area contributed by atoms with Crippen LogP contribution in [0.3, 0.4) is 0 Å². The van der Waals surface area contributed by atoms with Crippen LogP contribution in [0.5, 0.6) is 0 Å². The Morgan fingerprint density at radius 3 is 1.75 bits per heavy atom. The van der Waals surface area contributed by atoms with E-state index in [1.165, 1.54) is 0 Å². The normalized spacial score (nSPS) is 11.5. The Bertz CT molecular complexity index is 418. The molecule has 0 spiro atoms. The third-order valence-corrected chi connectivity index (χ3v) is 3.16. The summed E-state index contributed by atoms with van der Waals surface area (Å²) in [6, 6.07) is 0. The van der Waals surface area contributed by atoms with Crippen molar-refractivity contribution in [1.82, 2.24) is 0 Å². The number of carbonyl (C=O) groups is 4. The van der Waals surface area contributed by atoms with Gasteiger partial charge in [0.05, 0.1) is 6.61 Å². The number of hydrogen-bond donors (Lipinski definition) is 2. The number of ether oxygens (including phenoxy) is 2. The third kappa shape index (κ3) is 14.8. The molecule has 138 valence electrons. The standard InChI is InChI=1S/C16H26O8/c1-12(24-16(22)9-5-3-7-14(19)20)10-11-23-15(21)8-4-2-6-13(17)18/h12H,2-11H2,1H3,(H,17,18)(H,19,20). The highest BCUT2D eigenvalue weighted by Gasteiger charge is 2.11. The highest BCUT2D eigenvalue weighted by atomic mass is 16.6. The zero-order valence-corrected chi connectivity index (χ0v) is 14.0. The molecule has 8 nitrogen and oxygen atoms in total. The van der Waals surface area contributed by atoms with Crippen molar-refractivity contribution in [3.63, 3.8) is 0 Å². The van der Waals surface area contributed by atoms with Crippen molar-refractivity contribution in [2.75, 3.05) is 6.61 Å². The van der Waals surface area contributed by atoms with E-state index in [9.17, 15) is 19.2 Å². The van der Waals surface area contributed by atoms with E-state index in [0.717, 1.165) is 0 Å². The van der Waals surface area contributed by atoms with E-state index in [2.05, 4.69) is 0 Å². The second-order valence-electron chi connectivity index (χ2n) is 5.51. The van der Waals surface area contributed by atoms with Crippen LogP contribution in [-0.4, -0.2) is 46.8 Å². The van der Waals surface area contributed by atoms with E-state index < -0.39 is 30.0 Å². The molecule has 0 amide bonds. The van der Waals surface area contributed by atoms with E-state index in [1.807, 2.05) is 0 Å². The number of rotatable bonds is 14. The topological polar surface area (TPSA) is 127 Å². The van der Waals surface area contributed by atoms with Gasteiger partial charge in [0, 0.05) is 32.1 Å². The maximum absolute atomic E-state index is 11.5. The van der Waals surface area contributed by atoms with Gasteiger partial charge in [0.2, 0.25) is 0 Å². The number of aliphatic carboxylic acids is 2. The predicted molar refractivity (Wildman–Crippen MR) is 83.3 cm³/mol. The molecule has 0 aromatic heterocycles. The van der Waals surface area contributed by atoms with Gasteiger partial charge in [0.15, 0.2) is 0 Å². The predicted octanol–water partition coefficient (Wildman–Crippen LogP) is 2.14. The van der Waals surface area contributed by atoms with Gasteiger partial charge in [-0.2, -0.15) is 0 Å². The van der Waals surface area contributed by atoms with Crippen LogP contribution in [0.4, 0.5) is 0 Å². The van der Waals surface area contributed by atoms with Crippen LogP contribution in [0.25, 0.3) is 0 Å². The molecule has 0 saturated heterocycles. The maximum atomic E-state index is 11.5. The Hall–Kier alpha value is -2.12. The zero-order chi connectivity index (χ0) is 18.4. The van der Waals surface area contributed by atoms with Crippen LogP contribution in [0.1, 0.15) is 64.7 Å². The molecule has 0 aliphatic heterocycles. The van der Waals surface area contributed by atoms with Crippen molar-refractivity contribution in [3.8, 4) is 0 Å². The van der Waals surface area contributed by atoms with Gasteiger partial charge in [-0.05, 0) is 32.6 Å². The molecule has 0 aromatic carbocycles. The van der Waals surface area contributed by atoms with Gasteiger partial charge in [-0.3, -0.25) is 19.2 Å². The Labute approximate surface area is 141 Å². The lowest BCUT2D eigenvalue weighted by molar-refractivity contribution is -0.151. The number of carbonyl (C=O) groups excluding carboxylic acids is 2. The third-order valence-electron chi connectivity index (χ3n) is 3.16. The average molecular weight is 346 g/mol. The SMILES string of the molecule is CC(CCOC(=O)CCCCC(=O)O)OC(=O)CCCCC(=O)O. The summed E-state index contributed by atoms with van der Waals surface area (Å²) in [6.07, 6.45) is 2.18. The molecular weight excluding hydrogens is 320 g/mol. The molecule has 0 heterocycles. The van der Waals surface area contributed by atoms with E-state index >= 15 is 0 Å². The van der Waals surface area contributed by atoms with Crippen LogP contribution in [0, 0.1) is 0 Å². The summed E-state index contributed by atoms with van der Waals surface area (Å²) in [5.74, 6) is -2.57. The van der Waals surface area contributed by atoms with Gasteiger partial charge < -0.3 is 19.7 Å². The maximum Gasteiger partial charge on any atom is 0.306 e. The molecule has 0 aliphatic carbocycles. The number of esters is 2. The number of hydrogen-bond acceptors (Lipinski definition) is 6. The Kier molecular flexibility index (Phi) is 12.2. The molecule has 0 aromatic rings. The summed E-state index contributed by atoms with van der Waals surface area (Å²) in [7, 11) is 0. The van der Waals surface area contributed by atoms with Crippen molar-refractivity contribution in [1.29, 1.82) is 0 Å². The highest BCUT2D eigenvalue weighted by Crippen LogP contribution is 2.06. The summed E-state index contributed by atoms with van der Waals surface area (Å²) in [5.41, 5.74) is 0. The number of unbranched alkanes of at least 4 members (excludes halogenated alkanes) is 2. The fraction of sp³-hybridized carbons (Fsp3) is 0.750. The Morgan fingerprint density at radius 2 is 1.25 bits per heavy atom. The van der Waals surface area contributed by atoms with Crippen LogP contribution in [0.2, 0.25) is 0 Å². The van der Waals surface area contributed by atoms with Crippen LogP contribution >= 0.6 is 0 Å². The first-order chi connectivity index (χ1) is 11.3. The molecule has 24 heavy (non-hydrogen) atoms. The minimum absolute atomic E-state index is 0.0330. The molecule has 0 bridgehead atoms. The monoisotopic (exact) mass is 346 g/mol. The van der Waals surface area contributed by atoms with Gasteiger partial charge in [0.1, 0.15) is 6.10 Å². The van der Waals surface area contributed by atoms with Crippen LogP contribution in [-0.2, 0) is 28.7 Å². The molecule has 1 unspecified atom stereocenters. The summed E-state index contributed by atoms with van der Waals surface area (Å²) in [6.45, 7) is 1.82. The fourth-order valence-electron chi connectivity index (χ4n) is 1.84. The first-order valence-corrected chi connectivity index (χ1v) is 8.10. The second-order valence-corrected chi connectivity index (χ2v) is 5.51. The van der Waals surface area contributed by atoms with Crippen molar-refractivity contribution in [3.05, 3.63) is 0 Å². The molecule has 0 radical (unpaired) electrons. The molecule has 0 rings (SSSR count). The number of carboxylic acids is 2. The van der Waals surface area contributed by atoms with Gasteiger partial charge in [-0.1, -0.05) is 0 Å². The van der Waals surface area contributed by atoms with E-state index in [0.29, 0.717) is 32.1 Å². The van der Waals surface area contributed by atoms with E-state index in [1.54, 1.807) is 6.92 Å². The van der Waals surface area contributed by atoms with Crippen LogP contribution in [0.15, 0.2) is 0 Å². The summed E-state index contributed by atoms with van der Waals surface area (Å²) in [5, 5.41) is 16.9. The summed E-state index contributed by atoms with van der Waals surface area (Å²) in [4.78, 5) is 43.5. The zero-order valence-electron chi connectivity index (χ0n) is 14.0. The largest absolute Gasteiger partial charge is 0.481 e. The lowest BCUT2D eigenvalue weighted by Crippen LogP contribution is -2.18. The highest BCUT2D eigenvalue weighted by molar-refractivity contribution is 5.70. The van der Waals surface area contributed by atoms with Gasteiger partial charge in [-0.25, -0.2) is 0 Å². The van der Waals surface area contributed by atoms with Gasteiger partial charge in [0.25, 0.3) is 0 Å². The van der Waals surface area contributed by atoms with Crippen molar-refractivity contribution < 1.29 is 38.9 Å². The minimum atomic E-state index is -0.887. The van der Waals surface area contributed by atoms with Crippen LogP contribution < -0.4 is 0 Å². The van der Waals surface area contributed by atoms with Gasteiger partial charge >= 0.3 is 23.9 Å². The molecule has 0 fully saturated rings. The lowest BCUT2D eigenvalue weighted by atomic mass is 10.2. The molecule has 1 atom stereocenters. The van der Waals surface area contributed by atoms with E-state index in [-0.39, 0.29) is 32.3 Å². The Morgan fingerprint density at radius 1 is 0.792 bits per heavy atom. The molecular formula is C16H26O8. The fourth-order valence-corrected chi connectivity index (χ4v) is 1.84. The second kappa shape index (κ2) is 13.3. The summed E-state index contributed by atoms with van der Waals surface area (Å²) >= 11 is 0. The Balaban J connectivity index is 3.61. The first-order valence-electron chi connectivity index (χ1n) is 8.10. The lowest BCUT2D eigenvalue weighted by Gasteiger charge is -2.13. The molecule has 0 saturated carbocycles.